The van der Waals surface area contributed by atoms with Gasteiger partial charge in [0.15, 0.2) is 0 Å². The highest BCUT2D eigenvalue weighted by Crippen LogP contribution is 2.74. The Kier molecular flexibility index (Phi) is 2.92. The summed E-state index contributed by atoms with van der Waals surface area (Å²) in [5.41, 5.74) is 0.0349. The average Bonchev–Trinajstić information content (AvgIpc) is 2.56. The summed E-state index contributed by atoms with van der Waals surface area (Å²) in [4.78, 5) is 12.4. The predicted octanol–water partition coefficient (Wildman–Crippen LogP) is 4.67. The van der Waals surface area contributed by atoms with E-state index >= 15 is 0 Å². The van der Waals surface area contributed by atoms with Crippen LogP contribution in [0.15, 0.2) is 0 Å². The zero-order chi connectivity index (χ0) is 16.0. The summed E-state index contributed by atoms with van der Waals surface area (Å²) in [6.07, 6.45) is 9.58. The molecule has 7 aliphatic rings. The van der Waals surface area contributed by atoms with Gasteiger partial charge in [0.2, 0.25) is 0 Å². The van der Waals surface area contributed by atoms with Crippen LogP contribution in [0, 0.1) is 52.3 Å². The van der Waals surface area contributed by atoms with E-state index in [0.717, 1.165) is 47.8 Å². The van der Waals surface area contributed by atoms with Gasteiger partial charge in [0.05, 0.1) is 12.0 Å². The largest absolute Gasteiger partial charge is 0.465 e. The average molecular weight is 316 g/mol. The molecule has 128 valence electrons. The van der Waals surface area contributed by atoms with Gasteiger partial charge in [-0.1, -0.05) is 6.92 Å². The van der Waals surface area contributed by atoms with E-state index < -0.39 is 0 Å². The summed E-state index contributed by atoms with van der Waals surface area (Å²) in [5.74, 6) is 7.20. The second kappa shape index (κ2) is 4.55. The summed E-state index contributed by atoms with van der Waals surface area (Å²) in [6.45, 7) is 6.84. The van der Waals surface area contributed by atoms with Crippen molar-refractivity contribution in [2.45, 2.75) is 65.7 Å². The monoisotopic (exact) mass is 316 g/mol. The van der Waals surface area contributed by atoms with E-state index in [2.05, 4.69) is 6.92 Å². The minimum absolute atomic E-state index is 0.0275. The number of hydrogen-bond acceptors (Lipinski definition) is 2. The first kappa shape index (κ1) is 14.8. The third-order valence-corrected chi connectivity index (χ3v) is 9.07. The molecule has 7 saturated carbocycles. The van der Waals surface area contributed by atoms with Gasteiger partial charge < -0.3 is 4.74 Å². The molecule has 0 aliphatic heterocycles. The Bertz CT molecular complexity index is 474. The zero-order valence-corrected chi connectivity index (χ0v) is 15.0. The molecule has 0 aromatic carbocycles. The summed E-state index contributed by atoms with van der Waals surface area (Å²) >= 11 is 0. The number of carbonyl (C=O) groups is 1. The van der Waals surface area contributed by atoms with Gasteiger partial charge in [-0.25, -0.2) is 0 Å². The fourth-order valence-electron chi connectivity index (χ4n) is 7.79. The third kappa shape index (κ3) is 1.90. The van der Waals surface area contributed by atoms with Crippen LogP contribution < -0.4 is 0 Å². The Labute approximate surface area is 140 Å². The topological polar surface area (TPSA) is 26.3 Å². The van der Waals surface area contributed by atoms with Crippen LogP contribution in [0.2, 0.25) is 0 Å². The van der Waals surface area contributed by atoms with Crippen LogP contribution in [0.5, 0.6) is 0 Å². The summed E-state index contributed by atoms with van der Waals surface area (Å²) in [5, 5.41) is 0. The van der Waals surface area contributed by atoms with Gasteiger partial charge in [0, 0.05) is 5.41 Å². The van der Waals surface area contributed by atoms with Crippen LogP contribution in [0.4, 0.5) is 0 Å². The first-order chi connectivity index (χ1) is 10.9. The van der Waals surface area contributed by atoms with Crippen LogP contribution in [-0.2, 0) is 9.53 Å². The normalized spacial score (nSPS) is 52.2. The van der Waals surface area contributed by atoms with Gasteiger partial charge in [-0.2, -0.15) is 0 Å². The smallest absolute Gasteiger partial charge is 0.311 e. The second-order valence-electron chi connectivity index (χ2n) is 10.5. The zero-order valence-electron chi connectivity index (χ0n) is 15.0. The van der Waals surface area contributed by atoms with Gasteiger partial charge in [-0.05, 0) is 100 Å². The van der Waals surface area contributed by atoms with Gasteiger partial charge in [0.25, 0.3) is 0 Å². The van der Waals surface area contributed by atoms with E-state index in [9.17, 15) is 4.79 Å². The first-order valence-electron chi connectivity index (χ1n) is 10.1. The van der Waals surface area contributed by atoms with Crippen molar-refractivity contribution < 1.29 is 9.53 Å². The van der Waals surface area contributed by atoms with Crippen LogP contribution in [0.3, 0.4) is 0 Å². The first-order valence-corrected chi connectivity index (χ1v) is 10.1. The Balaban J connectivity index is 1.35. The fourth-order valence-corrected chi connectivity index (χ4v) is 7.79. The Morgan fingerprint density at radius 2 is 1.43 bits per heavy atom. The maximum absolute atomic E-state index is 12.4. The highest BCUT2D eigenvalue weighted by Gasteiger charge is 2.67. The van der Waals surface area contributed by atoms with Gasteiger partial charge in [0.1, 0.15) is 0 Å². The molecule has 23 heavy (non-hydrogen) atoms. The molecule has 7 fully saturated rings. The predicted molar refractivity (Wildman–Crippen MR) is 89.6 cm³/mol. The van der Waals surface area contributed by atoms with Crippen molar-refractivity contribution in [3.05, 3.63) is 0 Å². The maximum atomic E-state index is 12.4. The minimum atomic E-state index is -0.319. The maximum Gasteiger partial charge on any atom is 0.311 e. The molecule has 2 heteroatoms. The number of carbonyl (C=O) groups excluding carboxylic acids is 1. The lowest BCUT2D eigenvalue weighted by Gasteiger charge is -2.72. The molecule has 0 amide bonds. The minimum Gasteiger partial charge on any atom is -0.465 e. The van der Waals surface area contributed by atoms with Crippen molar-refractivity contribution in [2.24, 2.45) is 52.3 Å². The van der Waals surface area contributed by atoms with E-state index in [1.807, 2.05) is 13.8 Å². The molecule has 0 atom stereocenters. The molecule has 7 aliphatic carbocycles. The Morgan fingerprint density at radius 1 is 0.957 bits per heavy atom. The van der Waals surface area contributed by atoms with E-state index in [1.54, 1.807) is 0 Å². The lowest BCUT2D eigenvalue weighted by molar-refractivity contribution is -0.242. The van der Waals surface area contributed by atoms with Crippen LogP contribution in [-0.4, -0.2) is 12.6 Å². The number of hydrogen-bond donors (Lipinski definition) is 0. The molecule has 0 radical (unpaired) electrons. The number of ether oxygens (including phenoxy) is 1. The van der Waals surface area contributed by atoms with Crippen molar-refractivity contribution in [3.8, 4) is 0 Å². The van der Waals surface area contributed by atoms with Crippen LogP contribution in [0.25, 0.3) is 0 Å². The molecular weight excluding hydrogens is 284 g/mol. The van der Waals surface area contributed by atoms with E-state index in [0.29, 0.717) is 12.0 Å². The SMILES string of the molecule is CCC(C)(C)C(=O)OCC12CC3C4CC5CC3C(C1)C(C5)C4C2. The third-order valence-electron chi connectivity index (χ3n) is 9.07. The van der Waals surface area contributed by atoms with Gasteiger partial charge >= 0.3 is 5.97 Å². The van der Waals surface area contributed by atoms with Gasteiger partial charge in [-0.15, -0.1) is 0 Å². The van der Waals surface area contributed by atoms with Crippen LogP contribution >= 0.6 is 0 Å². The van der Waals surface area contributed by atoms with Crippen LogP contribution in [0.1, 0.15) is 65.7 Å². The summed E-state index contributed by atoms with van der Waals surface area (Å²) < 4.78 is 5.91. The molecule has 0 saturated heterocycles. The molecule has 0 aromatic rings. The van der Waals surface area contributed by atoms with Crippen molar-refractivity contribution >= 4 is 5.97 Å². The number of rotatable bonds is 4. The molecule has 8 bridgehead atoms. The molecule has 0 spiro atoms. The van der Waals surface area contributed by atoms with Gasteiger partial charge in [-0.3, -0.25) is 4.79 Å². The molecule has 0 unspecified atom stereocenters. The van der Waals surface area contributed by atoms with Crippen molar-refractivity contribution in [2.75, 3.05) is 6.61 Å². The Morgan fingerprint density at radius 3 is 1.87 bits per heavy atom. The molecule has 7 rings (SSSR count). The Hall–Kier alpha value is -0.530. The van der Waals surface area contributed by atoms with Crippen molar-refractivity contribution in [1.29, 1.82) is 0 Å². The highest BCUT2D eigenvalue weighted by atomic mass is 16.5. The second-order valence-corrected chi connectivity index (χ2v) is 10.5. The lowest BCUT2D eigenvalue weighted by Crippen LogP contribution is -2.66. The molecule has 2 nitrogen and oxygen atoms in total. The van der Waals surface area contributed by atoms with E-state index in [-0.39, 0.29) is 11.4 Å². The standard InChI is InChI=1S/C21H32O2/c1-4-20(2,3)19(22)23-11-21-8-16-13-5-12-6-14(16)18(10-21)15(7-12)17(13)9-21/h12-18H,4-11H2,1-3H3. The molecule has 0 aromatic heterocycles. The molecular formula is C21H32O2. The summed E-state index contributed by atoms with van der Waals surface area (Å²) in [7, 11) is 0. The van der Waals surface area contributed by atoms with E-state index in [4.69, 9.17) is 4.74 Å². The van der Waals surface area contributed by atoms with E-state index in [1.165, 1.54) is 38.5 Å². The molecule has 0 heterocycles. The number of esters is 1. The van der Waals surface area contributed by atoms with Crippen molar-refractivity contribution in [1.82, 2.24) is 0 Å². The highest BCUT2D eigenvalue weighted by molar-refractivity contribution is 5.75. The van der Waals surface area contributed by atoms with Crippen molar-refractivity contribution in [3.63, 3.8) is 0 Å². The lowest BCUT2D eigenvalue weighted by atomic mass is 9.33. The fraction of sp³-hybridized carbons (Fsp3) is 0.952. The summed E-state index contributed by atoms with van der Waals surface area (Å²) in [6, 6.07) is 0. The molecule has 0 N–H and O–H groups in total. The quantitative estimate of drug-likeness (QED) is 0.704.